The average Bonchev–Trinajstić information content (AvgIpc) is 2.96. The molecule has 2 N–H and O–H groups in total. The standard InChI is InChI=1S/C18H17N3S/c19-18-4-2-1-3-14(18)7-8-15-12-16(21-20-15)11-13-5-9-17(22)10-6-13/h1-10,22H,11-12,19H2/b8-7+. The van der Waals surface area contributed by atoms with Gasteiger partial charge in [-0.3, -0.25) is 0 Å². The van der Waals surface area contributed by atoms with Gasteiger partial charge in [-0.25, -0.2) is 0 Å². The molecule has 0 saturated heterocycles. The third kappa shape index (κ3) is 3.65. The van der Waals surface area contributed by atoms with Gasteiger partial charge < -0.3 is 5.73 Å². The van der Waals surface area contributed by atoms with Crippen LogP contribution in [0.25, 0.3) is 6.08 Å². The van der Waals surface area contributed by atoms with Crippen LogP contribution in [0.4, 0.5) is 5.69 Å². The highest BCUT2D eigenvalue weighted by molar-refractivity contribution is 7.80. The first-order valence-electron chi connectivity index (χ1n) is 7.13. The summed E-state index contributed by atoms with van der Waals surface area (Å²) >= 11 is 4.29. The minimum Gasteiger partial charge on any atom is -0.398 e. The van der Waals surface area contributed by atoms with E-state index in [0.717, 1.165) is 40.4 Å². The van der Waals surface area contributed by atoms with E-state index in [1.165, 1.54) is 5.56 Å². The molecule has 1 aliphatic rings. The lowest BCUT2D eigenvalue weighted by Crippen LogP contribution is -2.03. The molecule has 1 heterocycles. The molecule has 2 aromatic carbocycles. The SMILES string of the molecule is Nc1ccccc1/C=C/C1=NN=C(Cc2ccc(S)cc2)C1. The van der Waals surface area contributed by atoms with Gasteiger partial charge in [-0.15, -0.1) is 12.6 Å². The Bertz CT molecular complexity index is 758. The maximum atomic E-state index is 5.92. The topological polar surface area (TPSA) is 50.7 Å². The number of nitrogen functional groups attached to an aromatic ring is 1. The first-order chi connectivity index (χ1) is 10.7. The highest BCUT2D eigenvalue weighted by Crippen LogP contribution is 2.15. The van der Waals surface area contributed by atoms with E-state index in [1.54, 1.807) is 0 Å². The van der Waals surface area contributed by atoms with E-state index in [9.17, 15) is 0 Å². The lowest BCUT2D eigenvalue weighted by Gasteiger charge is -2.01. The third-order valence-electron chi connectivity index (χ3n) is 3.50. The van der Waals surface area contributed by atoms with Crippen LogP contribution in [0.5, 0.6) is 0 Å². The fourth-order valence-electron chi connectivity index (χ4n) is 2.30. The van der Waals surface area contributed by atoms with E-state index in [2.05, 4.69) is 35.0 Å². The summed E-state index contributed by atoms with van der Waals surface area (Å²) in [6.45, 7) is 0. The largest absolute Gasteiger partial charge is 0.398 e. The summed E-state index contributed by atoms with van der Waals surface area (Å²) in [7, 11) is 0. The van der Waals surface area contributed by atoms with Crippen LogP contribution in [0, 0.1) is 0 Å². The van der Waals surface area contributed by atoms with Crippen LogP contribution in [0.3, 0.4) is 0 Å². The van der Waals surface area contributed by atoms with Crippen molar-refractivity contribution < 1.29 is 0 Å². The molecule has 0 fully saturated rings. The lowest BCUT2D eigenvalue weighted by atomic mass is 10.0. The van der Waals surface area contributed by atoms with Crippen LogP contribution in [0.2, 0.25) is 0 Å². The zero-order valence-corrected chi connectivity index (χ0v) is 13.0. The van der Waals surface area contributed by atoms with E-state index in [0.29, 0.717) is 0 Å². The van der Waals surface area contributed by atoms with Crippen molar-refractivity contribution in [2.45, 2.75) is 17.7 Å². The van der Waals surface area contributed by atoms with Gasteiger partial charge in [0.05, 0.1) is 11.4 Å². The zero-order chi connectivity index (χ0) is 15.4. The predicted molar refractivity (Wildman–Crippen MR) is 96.8 cm³/mol. The fourth-order valence-corrected chi connectivity index (χ4v) is 2.45. The molecule has 0 amide bonds. The van der Waals surface area contributed by atoms with Gasteiger partial charge in [-0.05, 0) is 35.4 Å². The number of allylic oxidation sites excluding steroid dienone is 1. The lowest BCUT2D eigenvalue weighted by molar-refractivity contribution is 1.21. The molecular formula is C18H17N3S. The van der Waals surface area contributed by atoms with E-state index in [4.69, 9.17) is 5.73 Å². The molecule has 0 saturated carbocycles. The van der Waals surface area contributed by atoms with Crippen molar-refractivity contribution in [2.24, 2.45) is 10.2 Å². The smallest absolute Gasteiger partial charge is 0.0687 e. The molecule has 1 aliphatic heterocycles. The normalized spacial score (nSPS) is 14.2. The van der Waals surface area contributed by atoms with Gasteiger partial charge in [0, 0.05) is 23.4 Å². The van der Waals surface area contributed by atoms with Crippen LogP contribution < -0.4 is 5.73 Å². The zero-order valence-electron chi connectivity index (χ0n) is 12.1. The number of nitrogens with two attached hydrogens (primary N) is 1. The summed E-state index contributed by atoms with van der Waals surface area (Å²) < 4.78 is 0. The first kappa shape index (κ1) is 14.6. The number of para-hydroxylation sites is 1. The Morgan fingerprint density at radius 3 is 2.55 bits per heavy atom. The highest BCUT2D eigenvalue weighted by Gasteiger charge is 2.11. The molecule has 3 rings (SSSR count). The monoisotopic (exact) mass is 307 g/mol. The second kappa shape index (κ2) is 6.62. The van der Waals surface area contributed by atoms with Gasteiger partial charge in [-0.2, -0.15) is 10.2 Å². The molecule has 110 valence electrons. The van der Waals surface area contributed by atoms with Crippen molar-refractivity contribution in [3.63, 3.8) is 0 Å². The van der Waals surface area contributed by atoms with E-state index in [-0.39, 0.29) is 0 Å². The number of nitrogens with zero attached hydrogens (tertiary/aromatic N) is 2. The molecule has 0 aromatic heterocycles. The highest BCUT2D eigenvalue weighted by atomic mass is 32.1. The third-order valence-corrected chi connectivity index (χ3v) is 3.80. The van der Waals surface area contributed by atoms with Crippen molar-refractivity contribution in [2.75, 3.05) is 5.73 Å². The number of rotatable bonds is 4. The first-order valence-corrected chi connectivity index (χ1v) is 7.58. The molecular weight excluding hydrogens is 290 g/mol. The van der Waals surface area contributed by atoms with Crippen molar-refractivity contribution >= 4 is 35.8 Å². The van der Waals surface area contributed by atoms with Crippen LogP contribution in [0.1, 0.15) is 17.5 Å². The van der Waals surface area contributed by atoms with E-state index >= 15 is 0 Å². The molecule has 2 aromatic rings. The van der Waals surface area contributed by atoms with E-state index < -0.39 is 0 Å². The van der Waals surface area contributed by atoms with Crippen molar-refractivity contribution in [1.82, 2.24) is 0 Å². The maximum absolute atomic E-state index is 5.92. The van der Waals surface area contributed by atoms with Crippen molar-refractivity contribution in [3.05, 3.63) is 65.7 Å². The molecule has 4 heteroatoms. The van der Waals surface area contributed by atoms with Gasteiger partial charge in [0.2, 0.25) is 0 Å². The number of hydrogen-bond donors (Lipinski definition) is 2. The Hall–Kier alpha value is -2.33. The number of benzene rings is 2. The molecule has 0 aliphatic carbocycles. The van der Waals surface area contributed by atoms with Gasteiger partial charge in [-0.1, -0.05) is 36.4 Å². The summed E-state index contributed by atoms with van der Waals surface area (Å²) in [5.41, 5.74) is 11.0. The number of thiol groups is 1. The van der Waals surface area contributed by atoms with Crippen LogP contribution in [0.15, 0.2) is 69.7 Å². The molecule has 3 nitrogen and oxygen atoms in total. The molecule has 0 radical (unpaired) electrons. The summed E-state index contributed by atoms with van der Waals surface area (Å²) in [5, 5.41) is 8.51. The number of anilines is 1. The van der Waals surface area contributed by atoms with Crippen LogP contribution >= 0.6 is 12.6 Å². The molecule has 0 bridgehead atoms. The summed E-state index contributed by atoms with van der Waals surface area (Å²) in [6, 6.07) is 15.9. The summed E-state index contributed by atoms with van der Waals surface area (Å²) in [5.74, 6) is 0. The van der Waals surface area contributed by atoms with Gasteiger partial charge >= 0.3 is 0 Å². The Labute approximate surface area is 135 Å². The van der Waals surface area contributed by atoms with Gasteiger partial charge in [0.15, 0.2) is 0 Å². The summed E-state index contributed by atoms with van der Waals surface area (Å²) in [6.07, 6.45) is 5.58. The average molecular weight is 307 g/mol. The quantitative estimate of drug-likeness (QED) is 0.650. The van der Waals surface area contributed by atoms with Gasteiger partial charge in [0.1, 0.15) is 0 Å². The Balaban J connectivity index is 1.59. The van der Waals surface area contributed by atoms with E-state index in [1.807, 2.05) is 48.6 Å². The Morgan fingerprint density at radius 2 is 1.77 bits per heavy atom. The minimum atomic E-state index is 0.769. The van der Waals surface area contributed by atoms with Crippen LogP contribution in [-0.2, 0) is 6.42 Å². The minimum absolute atomic E-state index is 0.769. The summed E-state index contributed by atoms with van der Waals surface area (Å²) in [4.78, 5) is 0.970. The number of hydrogen-bond acceptors (Lipinski definition) is 4. The van der Waals surface area contributed by atoms with Crippen molar-refractivity contribution in [1.29, 1.82) is 0 Å². The molecule has 0 atom stereocenters. The second-order valence-corrected chi connectivity index (χ2v) is 5.76. The molecule has 0 unspecified atom stereocenters. The Morgan fingerprint density at radius 1 is 1.00 bits per heavy atom. The Kier molecular flexibility index (Phi) is 4.39. The maximum Gasteiger partial charge on any atom is 0.0687 e. The molecule has 0 spiro atoms. The van der Waals surface area contributed by atoms with Crippen LogP contribution in [-0.4, -0.2) is 11.4 Å². The fraction of sp³-hybridized carbons (Fsp3) is 0.111. The predicted octanol–water partition coefficient (Wildman–Crippen LogP) is 4.01. The van der Waals surface area contributed by atoms with Crippen molar-refractivity contribution in [3.8, 4) is 0 Å². The molecule has 22 heavy (non-hydrogen) atoms. The second-order valence-electron chi connectivity index (χ2n) is 5.24. The van der Waals surface area contributed by atoms with Gasteiger partial charge in [0.25, 0.3) is 0 Å².